The molecule has 1 aromatic heterocycles. The number of nitrogens with one attached hydrogen (secondary N) is 2. The van der Waals surface area contributed by atoms with Crippen LogP contribution >= 0.6 is 0 Å². The third kappa shape index (κ3) is 5.65. The molecular weight excluding hydrogens is 416 g/mol. The van der Waals surface area contributed by atoms with Crippen molar-refractivity contribution in [2.45, 2.75) is 6.42 Å². The fourth-order valence-electron chi connectivity index (χ4n) is 3.29. The maximum atomic E-state index is 12.6. The Labute approximate surface area is 192 Å². The molecule has 0 bridgehead atoms. The molecule has 0 fully saturated rings. The lowest BCUT2D eigenvalue weighted by atomic mass is 10.1. The van der Waals surface area contributed by atoms with Crippen molar-refractivity contribution in [2.75, 3.05) is 24.9 Å². The smallest absolute Gasteiger partial charge is 0.324 e. The third-order valence-corrected chi connectivity index (χ3v) is 5.02. The van der Waals surface area contributed by atoms with E-state index in [4.69, 9.17) is 14.5 Å². The molecule has 4 aromatic rings. The van der Waals surface area contributed by atoms with E-state index in [1.165, 1.54) is 0 Å². The molecule has 0 aliphatic carbocycles. The molecule has 3 aromatic carbocycles. The summed E-state index contributed by atoms with van der Waals surface area (Å²) in [6.07, 6.45) is 2.18. The summed E-state index contributed by atoms with van der Waals surface area (Å²) in [7, 11) is 3.22. The van der Waals surface area contributed by atoms with E-state index in [-0.39, 0.29) is 0 Å². The number of methoxy groups -OCH3 is 2. The molecule has 0 atom stereocenters. The number of urea groups is 1. The lowest BCUT2D eigenvalue weighted by Crippen LogP contribution is -2.21. The molecule has 166 valence electrons. The Morgan fingerprint density at radius 3 is 2.09 bits per heavy atom. The average Bonchev–Trinajstić information content (AvgIpc) is 2.86. The van der Waals surface area contributed by atoms with Gasteiger partial charge in [0.15, 0.2) is 5.82 Å². The van der Waals surface area contributed by atoms with Crippen LogP contribution in [0.4, 0.5) is 16.3 Å². The molecule has 7 heteroatoms. The van der Waals surface area contributed by atoms with Gasteiger partial charge in [0.1, 0.15) is 11.5 Å². The molecule has 7 nitrogen and oxygen atoms in total. The second kappa shape index (κ2) is 10.3. The molecule has 0 aliphatic rings. The highest BCUT2D eigenvalue weighted by atomic mass is 16.5. The van der Waals surface area contributed by atoms with Gasteiger partial charge in [-0.05, 0) is 54.1 Å². The van der Waals surface area contributed by atoms with E-state index in [0.717, 1.165) is 16.9 Å². The fraction of sp³-hybridized carbons (Fsp3) is 0.115. The van der Waals surface area contributed by atoms with Crippen LogP contribution < -0.4 is 20.1 Å². The lowest BCUT2D eigenvalue weighted by molar-refractivity contribution is 0.262. The summed E-state index contributed by atoms with van der Waals surface area (Å²) in [4.78, 5) is 22.0. The standard InChI is InChI=1S/C26H24N4O3/c1-32-21-12-8-19(9-13-21)24-17-27-25(23(29-24)16-18-6-4-3-5-7-18)30-26(31)28-20-10-14-22(33-2)15-11-20/h3-15,17H,16H2,1-2H3,(H2,27,28,30,31). The predicted octanol–water partition coefficient (Wildman–Crippen LogP) is 5.40. The largest absolute Gasteiger partial charge is 0.497 e. The van der Waals surface area contributed by atoms with E-state index in [0.29, 0.717) is 35.1 Å². The van der Waals surface area contributed by atoms with Crippen molar-refractivity contribution < 1.29 is 14.3 Å². The van der Waals surface area contributed by atoms with Crippen LogP contribution in [-0.4, -0.2) is 30.2 Å². The number of carbonyl (C=O) groups is 1. The maximum Gasteiger partial charge on any atom is 0.324 e. The highest BCUT2D eigenvalue weighted by Crippen LogP contribution is 2.24. The number of amides is 2. The summed E-state index contributed by atoms with van der Waals surface area (Å²) in [5.41, 5.74) is 3.99. The predicted molar refractivity (Wildman–Crippen MR) is 129 cm³/mol. The summed E-state index contributed by atoms with van der Waals surface area (Å²) < 4.78 is 10.4. The van der Waals surface area contributed by atoms with Crippen LogP contribution in [0.1, 0.15) is 11.3 Å². The first kappa shape index (κ1) is 21.8. The summed E-state index contributed by atoms with van der Waals surface area (Å²) in [6, 6.07) is 24.2. The molecular formula is C26H24N4O3. The lowest BCUT2D eigenvalue weighted by Gasteiger charge is -2.13. The number of hydrogen-bond donors (Lipinski definition) is 2. The van der Waals surface area contributed by atoms with Gasteiger partial charge in [-0.2, -0.15) is 0 Å². The Kier molecular flexibility index (Phi) is 6.80. The molecule has 0 spiro atoms. The first-order valence-corrected chi connectivity index (χ1v) is 10.4. The summed E-state index contributed by atoms with van der Waals surface area (Å²) in [5, 5.41) is 5.63. The SMILES string of the molecule is COc1ccc(NC(=O)Nc2ncc(-c3ccc(OC)cc3)nc2Cc2ccccc2)cc1. The topological polar surface area (TPSA) is 85.4 Å². The average molecular weight is 441 g/mol. The summed E-state index contributed by atoms with van der Waals surface area (Å²) in [5.74, 6) is 1.89. The molecule has 0 aliphatic heterocycles. The number of rotatable bonds is 7. The van der Waals surface area contributed by atoms with E-state index in [2.05, 4.69) is 15.6 Å². The van der Waals surface area contributed by atoms with Crippen molar-refractivity contribution in [3.05, 3.63) is 96.3 Å². The Balaban J connectivity index is 1.58. The van der Waals surface area contributed by atoms with Crippen molar-refractivity contribution >= 4 is 17.5 Å². The minimum Gasteiger partial charge on any atom is -0.497 e. The van der Waals surface area contributed by atoms with Crippen molar-refractivity contribution in [1.29, 1.82) is 0 Å². The van der Waals surface area contributed by atoms with Gasteiger partial charge in [-0.25, -0.2) is 14.8 Å². The fourth-order valence-corrected chi connectivity index (χ4v) is 3.29. The first-order chi connectivity index (χ1) is 16.1. The number of hydrogen-bond acceptors (Lipinski definition) is 5. The molecule has 0 radical (unpaired) electrons. The quantitative estimate of drug-likeness (QED) is 0.402. The number of anilines is 2. The summed E-state index contributed by atoms with van der Waals surface area (Å²) >= 11 is 0. The van der Waals surface area contributed by atoms with Crippen LogP contribution in [0.25, 0.3) is 11.3 Å². The van der Waals surface area contributed by atoms with Gasteiger partial charge in [0.25, 0.3) is 0 Å². The second-order valence-electron chi connectivity index (χ2n) is 7.25. The number of benzene rings is 3. The van der Waals surface area contributed by atoms with E-state index in [1.54, 1.807) is 44.7 Å². The zero-order valence-corrected chi connectivity index (χ0v) is 18.4. The van der Waals surface area contributed by atoms with Crippen LogP contribution in [0.3, 0.4) is 0 Å². The van der Waals surface area contributed by atoms with Crippen molar-refractivity contribution in [2.24, 2.45) is 0 Å². The first-order valence-electron chi connectivity index (χ1n) is 10.4. The number of aromatic nitrogens is 2. The van der Waals surface area contributed by atoms with E-state index >= 15 is 0 Å². The van der Waals surface area contributed by atoms with E-state index in [1.807, 2.05) is 54.6 Å². The van der Waals surface area contributed by atoms with Gasteiger partial charge in [0.2, 0.25) is 0 Å². The van der Waals surface area contributed by atoms with Crippen LogP contribution in [0, 0.1) is 0 Å². The monoisotopic (exact) mass is 440 g/mol. The molecule has 0 unspecified atom stereocenters. The molecule has 0 saturated heterocycles. The zero-order chi connectivity index (χ0) is 23.0. The molecule has 4 rings (SSSR count). The third-order valence-electron chi connectivity index (χ3n) is 5.02. The zero-order valence-electron chi connectivity index (χ0n) is 18.4. The van der Waals surface area contributed by atoms with E-state index in [9.17, 15) is 4.79 Å². The minimum absolute atomic E-state index is 0.402. The number of ether oxygens (including phenoxy) is 2. The van der Waals surface area contributed by atoms with Crippen molar-refractivity contribution in [3.8, 4) is 22.8 Å². The van der Waals surface area contributed by atoms with Gasteiger partial charge in [0, 0.05) is 17.7 Å². The van der Waals surface area contributed by atoms with Crippen molar-refractivity contribution in [1.82, 2.24) is 9.97 Å². The molecule has 0 saturated carbocycles. The van der Waals surface area contributed by atoms with Crippen molar-refractivity contribution in [3.63, 3.8) is 0 Å². The van der Waals surface area contributed by atoms with Crippen LogP contribution in [0.2, 0.25) is 0 Å². The van der Waals surface area contributed by atoms with Gasteiger partial charge in [0.05, 0.1) is 31.8 Å². The minimum atomic E-state index is -0.402. The Hall–Kier alpha value is -4.39. The van der Waals surface area contributed by atoms with Gasteiger partial charge < -0.3 is 14.8 Å². The van der Waals surface area contributed by atoms with Gasteiger partial charge in [-0.1, -0.05) is 30.3 Å². The highest BCUT2D eigenvalue weighted by molar-refractivity contribution is 5.99. The second-order valence-corrected chi connectivity index (χ2v) is 7.25. The number of nitrogens with zero attached hydrogens (tertiary/aromatic N) is 2. The molecule has 33 heavy (non-hydrogen) atoms. The van der Waals surface area contributed by atoms with Crippen LogP contribution in [0.5, 0.6) is 11.5 Å². The van der Waals surface area contributed by atoms with Gasteiger partial charge >= 0.3 is 6.03 Å². The van der Waals surface area contributed by atoms with Gasteiger partial charge in [-0.15, -0.1) is 0 Å². The van der Waals surface area contributed by atoms with Crippen LogP contribution in [-0.2, 0) is 6.42 Å². The molecule has 2 N–H and O–H groups in total. The number of carbonyl (C=O) groups excluding carboxylic acids is 1. The Bertz CT molecular complexity index is 1210. The van der Waals surface area contributed by atoms with E-state index < -0.39 is 6.03 Å². The Morgan fingerprint density at radius 2 is 1.45 bits per heavy atom. The maximum absolute atomic E-state index is 12.6. The Morgan fingerprint density at radius 1 is 0.818 bits per heavy atom. The highest BCUT2D eigenvalue weighted by Gasteiger charge is 2.13. The summed E-state index contributed by atoms with van der Waals surface area (Å²) in [6.45, 7) is 0. The van der Waals surface area contributed by atoms with Crippen LogP contribution in [0.15, 0.2) is 85.1 Å². The molecule has 2 amide bonds. The van der Waals surface area contributed by atoms with Gasteiger partial charge in [-0.3, -0.25) is 5.32 Å². The molecule has 1 heterocycles. The normalized spacial score (nSPS) is 10.4.